The number of hydrogen-bond acceptors (Lipinski definition) is 4. The van der Waals surface area contributed by atoms with E-state index >= 15 is 0 Å². The fraction of sp³-hybridized carbons (Fsp3) is 0.176. The zero-order chi connectivity index (χ0) is 19.0. The van der Waals surface area contributed by atoms with Crippen LogP contribution in [0, 0.1) is 0 Å². The molecule has 0 fully saturated rings. The lowest BCUT2D eigenvalue weighted by Crippen LogP contribution is -2.06. The number of imidazole rings is 1. The first-order valence-electron chi connectivity index (χ1n) is 8.06. The Hall–Kier alpha value is -1.10. The van der Waals surface area contributed by atoms with Crippen LogP contribution in [0.15, 0.2) is 54.6 Å². The van der Waals surface area contributed by atoms with Crippen molar-refractivity contribution in [1.29, 1.82) is 0 Å². The predicted molar refractivity (Wildman–Crippen MR) is 118 cm³/mol. The molecule has 6 nitrogen and oxygen atoms in total. The fourth-order valence-corrected chi connectivity index (χ4v) is 5.17. The van der Waals surface area contributed by atoms with Gasteiger partial charge in [0.1, 0.15) is 5.52 Å². The quantitative estimate of drug-likeness (QED) is 0.208. The van der Waals surface area contributed by atoms with Crippen LogP contribution in [0.3, 0.4) is 0 Å². The van der Waals surface area contributed by atoms with Crippen molar-refractivity contribution in [3.63, 3.8) is 0 Å². The van der Waals surface area contributed by atoms with Gasteiger partial charge >= 0.3 is 0 Å². The van der Waals surface area contributed by atoms with Crippen LogP contribution in [0.2, 0.25) is 0 Å². The molecule has 0 amide bonds. The molecule has 27 heavy (non-hydrogen) atoms. The number of rotatable bonds is 5. The van der Waals surface area contributed by atoms with Crippen molar-refractivity contribution < 1.29 is 0 Å². The zero-order valence-corrected chi connectivity index (χ0v) is 20.1. The average molecular weight is 620 g/mol. The molecule has 4 rings (SSSR count). The Morgan fingerprint density at radius 2 is 1.59 bits per heavy atom. The summed E-state index contributed by atoms with van der Waals surface area (Å²) in [5.41, 5.74) is 2.91. The molecule has 0 aliphatic heterocycles. The Morgan fingerprint density at radius 1 is 0.852 bits per heavy atom. The molecular formula is C17H12Br4N6. The Labute approximate surface area is 188 Å². The molecule has 2 aromatic heterocycles. The first-order chi connectivity index (χ1) is 13.1. The van der Waals surface area contributed by atoms with Crippen LogP contribution < -0.4 is 0 Å². The molecule has 0 saturated carbocycles. The average Bonchev–Trinajstić information content (AvgIpc) is 3.33. The smallest absolute Gasteiger partial charge is 0.204 e. The molecule has 4 aromatic rings. The first-order valence-corrected chi connectivity index (χ1v) is 11.2. The minimum absolute atomic E-state index is 0.643. The summed E-state index contributed by atoms with van der Waals surface area (Å²) in [5, 5.41) is 12.7. The van der Waals surface area contributed by atoms with E-state index in [1.807, 2.05) is 36.7 Å². The van der Waals surface area contributed by atoms with E-state index in [0.29, 0.717) is 12.4 Å². The van der Waals surface area contributed by atoms with Crippen molar-refractivity contribution >= 4 is 74.8 Å². The van der Waals surface area contributed by atoms with Crippen molar-refractivity contribution in [3.05, 3.63) is 54.6 Å². The maximum absolute atomic E-state index is 4.54. The third kappa shape index (κ3) is 3.76. The number of tetrazole rings is 1. The van der Waals surface area contributed by atoms with E-state index in [1.165, 1.54) is 0 Å². The number of nitrogens with zero attached hydrogens (tertiary/aromatic N) is 6. The molecule has 0 unspecified atom stereocenters. The third-order valence-corrected chi connectivity index (χ3v) is 8.80. The summed E-state index contributed by atoms with van der Waals surface area (Å²) >= 11 is 14.4. The molecule has 0 radical (unpaired) electrons. The fourth-order valence-electron chi connectivity index (χ4n) is 2.77. The molecular weight excluding hydrogens is 608 g/mol. The van der Waals surface area contributed by atoms with Gasteiger partial charge in [0.25, 0.3) is 0 Å². The van der Waals surface area contributed by atoms with E-state index in [-0.39, 0.29) is 0 Å². The third-order valence-electron chi connectivity index (χ3n) is 4.07. The lowest BCUT2D eigenvalue weighted by Gasteiger charge is -2.09. The lowest BCUT2D eigenvalue weighted by molar-refractivity contribution is 0.474. The molecule has 138 valence electrons. The Kier molecular flexibility index (Phi) is 5.77. The highest BCUT2D eigenvalue weighted by molar-refractivity contribution is 9.15. The van der Waals surface area contributed by atoms with Gasteiger partial charge in [-0.1, -0.05) is 30.3 Å². The van der Waals surface area contributed by atoms with Gasteiger partial charge in [-0.3, -0.25) is 0 Å². The molecule has 0 aliphatic rings. The van der Waals surface area contributed by atoms with E-state index in [4.69, 9.17) is 0 Å². The lowest BCUT2D eigenvalue weighted by atomic mass is 10.2. The zero-order valence-electron chi connectivity index (χ0n) is 13.8. The maximum atomic E-state index is 4.54. The number of benzene rings is 2. The predicted octanol–water partition coefficient (Wildman–Crippen LogP) is 5.83. The summed E-state index contributed by atoms with van der Waals surface area (Å²) in [6, 6.07) is 9.85. The van der Waals surface area contributed by atoms with Crippen molar-refractivity contribution in [3.8, 4) is 11.4 Å². The minimum Gasteiger partial charge on any atom is -0.330 e. The van der Waals surface area contributed by atoms with E-state index < -0.39 is 0 Å². The molecule has 2 aromatic carbocycles. The summed E-state index contributed by atoms with van der Waals surface area (Å²) in [6.07, 6.45) is 2.71. The van der Waals surface area contributed by atoms with Crippen LogP contribution in [-0.2, 0) is 13.1 Å². The molecule has 0 atom stereocenters. The second-order valence-electron chi connectivity index (χ2n) is 5.82. The highest BCUT2D eigenvalue weighted by Gasteiger charge is 2.17. The van der Waals surface area contributed by atoms with Gasteiger partial charge in [-0.2, -0.15) is 4.80 Å². The molecule has 0 aliphatic carbocycles. The van der Waals surface area contributed by atoms with E-state index in [1.54, 1.807) is 4.80 Å². The standard InChI is InChI=1S/C17H12Br4N6/c18-11-12(19)14(21)16-15(13(11)20)22-9-26(16)7-4-8-27-24-17(23-25-27)10-5-2-1-3-6-10/h1-3,5-6,9H,4,7-8H2. The molecule has 0 bridgehead atoms. The number of aryl methyl sites for hydroxylation is 2. The Balaban J connectivity index is 1.50. The summed E-state index contributed by atoms with van der Waals surface area (Å²) < 4.78 is 5.91. The van der Waals surface area contributed by atoms with Crippen LogP contribution >= 0.6 is 63.7 Å². The first kappa shape index (κ1) is 19.2. The van der Waals surface area contributed by atoms with Gasteiger partial charge in [0.2, 0.25) is 5.82 Å². The van der Waals surface area contributed by atoms with E-state index in [9.17, 15) is 0 Å². The normalized spacial score (nSPS) is 11.4. The van der Waals surface area contributed by atoms with Crippen LogP contribution in [0.5, 0.6) is 0 Å². The van der Waals surface area contributed by atoms with E-state index in [2.05, 4.69) is 88.7 Å². The second-order valence-corrected chi connectivity index (χ2v) is 8.99. The van der Waals surface area contributed by atoms with Gasteiger partial charge in [0.05, 0.1) is 27.3 Å². The minimum atomic E-state index is 0.643. The van der Waals surface area contributed by atoms with Crippen molar-refractivity contribution in [2.75, 3.05) is 0 Å². The number of aromatic nitrogens is 6. The van der Waals surface area contributed by atoms with Crippen LogP contribution in [0.25, 0.3) is 22.4 Å². The summed E-state index contributed by atoms with van der Waals surface area (Å²) in [5.74, 6) is 0.643. The van der Waals surface area contributed by atoms with Crippen LogP contribution in [0.1, 0.15) is 6.42 Å². The van der Waals surface area contributed by atoms with Gasteiger partial charge < -0.3 is 4.57 Å². The van der Waals surface area contributed by atoms with Gasteiger partial charge in [0, 0.05) is 21.1 Å². The van der Waals surface area contributed by atoms with Gasteiger partial charge in [-0.25, -0.2) is 4.98 Å². The topological polar surface area (TPSA) is 61.4 Å². The van der Waals surface area contributed by atoms with Gasteiger partial charge in [-0.05, 0) is 75.4 Å². The molecule has 0 saturated heterocycles. The highest BCUT2D eigenvalue weighted by atomic mass is 79.9. The Morgan fingerprint density at radius 3 is 2.37 bits per heavy atom. The number of halogens is 4. The molecule has 2 heterocycles. The second kappa shape index (κ2) is 8.10. The number of fused-ring (bicyclic) bond motifs is 1. The number of hydrogen-bond donors (Lipinski definition) is 0. The Bertz CT molecular complexity index is 1110. The maximum Gasteiger partial charge on any atom is 0.204 e. The monoisotopic (exact) mass is 616 g/mol. The highest BCUT2D eigenvalue weighted by Crippen LogP contribution is 2.42. The summed E-state index contributed by atoms with van der Waals surface area (Å²) in [4.78, 5) is 6.17. The molecule has 10 heteroatoms. The van der Waals surface area contributed by atoms with Crippen LogP contribution in [0.4, 0.5) is 0 Å². The van der Waals surface area contributed by atoms with E-state index in [0.717, 1.165) is 47.5 Å². The van der Waals surface area contributed by atoms with Crippen molar-refractivity contribution in [2.45, 2.75) is 19.5 Å². The summed E-state index contributed by atoms with van der Waals surface area (Å²) in [7, 11) is 0. The SMILES string of the molecule is Brc1c(Br)c(Br)c2c(ncn2CCCn2nnc(-c3ccccc3)n2)c1Br. The van der Waals surface area contributed by atoms with Gasteiger partial charge in [-0.15, -0.1) is 10.2 Å². The molecule has 0 spiro atoms. The van der Waals surface area contributed by atoms with Crippen molar-refractivity contribution in [1.82, 2.24) is 29.8 Å². The molecule has 0 N–H and O–H groups in total. The van der Waals surface area contributed by atoms with Gasteiger partial charge in [0.15, 0.2) is 0 Å². The largest absolute Gasteiger partial charge is 0.330 e. The van der Waals surface area contributed by atoms with Crippen molar-refractivity contribution in [2.24, 2.45) is 0 Å². The van der Waals surface area contributed by atoms with Crippen LogP contribution in [-0.4, -0.2) is 29.8 Å². The summed E-state index contributed by atoms with van der Waals surface area (Å²) in [6.45, 7) is 1.47.